The molecule has 102 valence electrons. The lowest BCUT2D eigenvalue weighted by Crippen LogP contribution is -2.04. The number of aromatic amines is 1. The van der Waals surface area contributed by atoms with Crippen molar-refractivity contribution in [2.24, 2.45) is 0 Å². The summed E-state index contributed by atoms with van der Waals surface area (Å²) in [6.45, 7) is 2.54. The van der Waals surface area contributed by atoms with E-state index in [4.69, 9.17) is 12.2 Å². The maximum atomic E-state index is 13.8. The summed E-state index contributed by atoms with van der Waals surface area (Å²) in [5, 5.41) is 0. The molecule has 0 radical (unpaired) electrons. The Hall–Kier alpha value is -1.28. The van der Waals surface area contributed by atoms with Gasteiger partial charge in [-0.1, -0.05) is 6.07 Å². The van der Waals surface area contributed by atoms with Gasteiger partial charge in [-0.2, -0.15) is 0 Å². The van der Waals surface area contributed by atoms with E-state index in [9.17, 15) is 4.39 Å². The second kappa shape index (κ2) is 5.25. The first-order chi connectivity index (χ1) is 9.56. The average Bonchev–Trinajstić information content (AvgIpc) is 2.69. The molecule has 2 aromatic heterocycles. The molecular weight excluding hydrogens is 388 g/mol. The smallest absolute Gasteiger partial charge is 0.178 e. The van der Waals surface area contributed by atoms with E-state index in [2.05, 4.69) is 9.97 Å². The molecule has 0 aliphatic rings. The van der Waals surface area contributed by atoms with Crippen LogP contribution in [0.25, 0.3) is 11.0 Å². The quantitative estimate of drug-likeness (QED) is 0.518. The molecule has 0 aliphatic heterocycles. The van der Waals surface area contributed by atoms with Gasteiger partial charge in [-0.05, 0) is 59.4 Å². The lowest BCUT2D eigenvalue weighted by molar-refractivity contribution is 0.621. The van der Waals surface area contributed by atoms with Gasteiger partial charge in [0.2, 0.25) is 0 Å². The van der Waals surface area contributed by atoms with E-state index in [0.29, 0.717) is 14.9 Å². The summed E-state index contributed by atoms with van der Waals surface area (Å²) >= 11 is 7.31. The summed E-state index contributed by atoms with van der Waals surface area (Å²) in [6.07, 6.45) is 1.75. The Morgan fingerprint density at radius 2 is 2.25 bits per heavy atom. The molecule has 0 saturated heterocycles. The Labute approximate surface area is 134 Å². The van der Waals surface area contributed by atoms with Crippen molar-refractivity contribution in [2.75, 3.05) is 0 Å². The van der Waals surface area contributed by atoms with Crippen molar-refractivity contribution >= 4 is 45.8 Å². The lowest BCUT2D eigenvalue weighted by Gasteiger charge is -2.07. The number of aryl methyl sites for hydroxylation is 1. The SMILES string of the molecule is Cc1cccnc1Cn1c(=S)[nH]c2cc(I)c(F)cc21. The predicted octanol–water partition coefficient (Wildman–Crippen LogP) is 4.19. The van der Waals surface area contributed by atoms with Crippen molar-refractivity contribution in [3.05, 3.63) is 55.9 Å². The van der Waals surface area contributed by atoms with Crippen LogP contribution < -0.4 is 0 Å². The molecule has 3 aromatic rings. The summed E-state index contributed by atoms with van der Waals surface area (Å²) in [5.41, 5.74) is 3.63. The van der Waals surface area contributed by atoms with Gasteiger partial charge < -0.3 is 9.55 Å². The Bertz CT molecular complexity index is 853. The summed E-state index contributed by atoms with van der Waals surface area (Å²) in [5.74, 6) is -0.237. The van der Waals surface area contributed by atoms with Gasteiger partial charge in [-0.3, -0.25) is 4.98 Å². The zero-order chi connectivity index (χ0) is 14.3. The van der Waals surface area contributed by atoms with E-state index in [1.165, 1.54) is 6.07 Å². The second-order valence-corrected chi connectivity index (χ2v) is 6.12. The molecule has 1 N–H and O–H groups in total. The first-order valence-electron chi connectivity index (χ1n) is 6.04. The number of pyridine rings is 1. The van der Waals surface area contributed by atoms with E-state index in [0.717, 1.165) is 22.3 Å². The highest BCUT2D eigenvalue weighted by molar-refractivity contribution is 14.1. The number of H-pyrrole nitrogens is 1. The fraction of sp³-hybridized carbons (Fsp3) is 0.143. The van der Waals surface area contributed by atoms with Crippen LogP contribution in [-0.2, 0) is 6.54 Å². The molecular formula is C14H11FIN3S. The third-order valence-corrected chi connectivity index (χ3v) is 4.39. The molecule has 3 rings (SSSR count). The monoisotopic (exact) mass is 399 g/mol. The zero-order valence-corrected chi connectivity index (χ0v) is 13.6. The molecule has 0 unspecified atom stereocenters. The molecule has 6 heteroatoms. The molecule has 2 heterocycles. The van der Waals surface area contributed by atoms with Gasteiger partial charge in [0, 0.05) is 12.3 Å². The maximum Gasteiger partial charge on any atom is 0.178 e. The van der Waals surface area contributed by atoms with Crippen LogP contribution in [-0.4, -0.2) is 14.5 Å². The highest BCUT2D eigenvalue weighted by Gasteiger charge is 2.10. The van der Waals surface area contributed by atoms with Gasteiger partial charge in [-0.25, -0.2) is 4.39 Å². The predicted molar refractivity (Wildman–Crippen MR) is 87.9 cm³/mol. The number of imidazole rings is 1. The normalized spacial score (nSPS) is 11.2. The molecule has 0 saturated carbocycles. The van der Waals surface area contributed by atoms with E-state index in [-0.39, 0.29) is 5.82 Å². The summed E-state index contributed by atoms with van der Waals surface area (Å²) in [6, 6.07) is 7.18. The summed E-state index contributed by atoms with van der Waals surface area (Å²) in [7, 11) is 0. The van der Waals surface area contributed by atoms with Crippen molar-refractivity contribution in [3.8, 4) is 0 Å². The van der Waals surface area contributed by atoms with Crippen molar-refractivity contribution in [3.63, 3.8) is 0 Å². The van der Waals surface area contributed by atoms with E-state index in [1.807, 2.05) is 46.2 Å². The number of nitrogens with one attached hydrogen (secondary N) is 1. The van der Waals surface area contributed by atoms with Crippen LogP contribution in [0.15, 0.2) is 30.5 Å². The number of hydrogen-bond donors (Lipinski definition) is 1. The minimum absolute atomic E-state index is 0.237. The van der Waals surface area contributed by atoms with Crippen molar-refractivity contribution < 1.29 is 4.39 Å². The molecule has 1 aromatic carbocycles. The van der Waals surface area contributed by atoms with Gasteiger partial charge in [0.05, 0.1) is 26.8 Å². The van der Waals surface area contributed by atoms with Crippen LogP contribution in [0.1, 0.15) is 11.3 Å². The highest BCUT2D eigenvalue weighted by Crippen LogP contribution is 2.21. The number of fused-ring (bicyclic) bond motifs is 1. The zero-order valence-electron chi connectivity index (χ0n) is 10.7. The van der Waals surface area contributed by atoms with Crippen molar-refractivity contribution in [1.29, 1.82) is 0 Å². The van der Waals surface area contributed by atoms with Gasteiger partial charge in [0.1, 0.15) is 5.82 Å². The summed E-state index contributed by atoms with van der Waals surface area (Å²) < 4.78 is 16.8. The molecule has 3 nitrogen and oxygen atoms in total. The Morgan fingerprint density at radius 3 is 3.00 bits per heavy atom. The fourth-order valence-electron chi connectivity index (χ4n) is 2.14. The number of hydrogen-bond acceptors (Lipinski definition) is 2. The van der Waals surface area contributed by atoms with Gasteiger partial charge in [0.15, 0.2) is 4.77 Å². The van der Waals surface area contributed by atoms with Crippen LogP contribution >= 0.6 is 34.8 Å². The molecule has 0 bridgehead atoms. The number of nitrogens with zero attached hydrogens (tertiary/aromatic N) is 2. The van der Waals surface area contributed by atoms with Crippen molar-refractivity contribution in [2.45, 2.75) is 13.5 Å². The first kappa shape index (κ1) is 13.7. The Morgan fingerprint density at radius 1 is 1.45 bits per heavy atom. The Kier molecular flexibility index (Phi) is 3.59. The van der Waals surface area contributed by atoms with Gasteiger partial charge >= 0.3 is 0 Å². The topological polar surface area (TPSA) is 33.6 Å². The average molecular weight is 399 g/mol. The summed E-state index contributed by atoms with van der Waals surface area (Å²) in [4.78, 5) is 7.48. The van der Waals surface area contributed by atoms with Gasteiger partial charge in [0.25, 0.3) is 0 Å². The Balaban J connectivity index is 2.17. The number of aromatic nitrogens is 3. The van der Waals surface area contributed by atoms with Crippen LogP contribution in [0, 0.1) is 21.1 Å². The molecule has 0 fully saturated rings. The lowest BCUT2D eigenvalue weighted by atomic mass is 10.2. The van der Waals surface area contributed by atoms with Crippen molar-refractivity contribution in [1.82, 2.24) is 14.5 Å². The third kappa shape index (κ3) is 2.37. The standard InChI is InChI=1S/C14H11FIN3S/c1-8-3-2-4-17-12(8)7-19-13-5-9(15)10(16)6-11(13)18-14(19)20/h2-6H,7H2,1H3,(H,18,20). The van der Waals surface area contributed by atoms with E-state index >= 15 is 0 Å². The van der Waals surface area contributed by atoms with Crippen LogP contribution in [0.4, 0.5) is 4.39 Å². The van der Waals surface area contributed by atoms with E-state index in [1.54, 1.807) is 12.3 Å². The van der Waals surface area contributed by atoms with Crippen LogP contribution in [0.3, 0.4) is 0 Å². The molecule has 0 atom stereocenters. The molecule has 0 amide bonds. The maximum absolute atomic E-state index is 13.8. The molecule has 0 aliphatic carbocycles. The van der Waals surface area contributed by atoms with E-state index < -0.39 is 0 Å². The molecule has 20 heavy (non-hydrogen) atoms. The number of halogens is 2. The van der Waals surface area contributed by atoms with Crippen LogP contribution in [0.2, 0.25) is 0 Å². The highest BCUT2D eigenvalue weighted by atomic mass is 127. The van der Waals surface area contributed by atoms with Gasteiger partial charge in [-0.15, -0.1) is 0 Å². The minimum Gasteiger partial charge on any atom is -0.331 e. The molecule has 0 spiro atoms. The number of benzene rings is 1. The first-order valence-corrected chi connectivity index (χ1v) is 7.53. The third-order valence-electron chi connectivity index (χ3n) is 3.24. The minimum atomic E-state index is -0.237. The second-order valence-electron chi connectivity index (χ2n) is 4.57. The number of rotatable bonds is 2. The fourth-order valence-corrected chi connectivity index (χ4v) is 2.88. The van der Waals surface area contributed by atoms with Crippen LogP contribution in [0.5, 0.6) is 0 Å². The largest absolute Gasteiger partial charge is 0.331 e.